The molecule has 0 aromatic heterocycles. The van der Waals surface area contributed by atoms with E-state index in [1.807, 2.05) is 38.1 Å². The minimum Gasteiger partial charge on any atom is -0.355 e. The van der Waals surface area contributed by atoms with Crippen LogP contribution >= 0.6 is 11.6 Å². The second-order valence-corrected chi connectivity index (χ2v) is 5.52. The standard InChI is InChI=1S/C16H26ClN3O/c1-4-14(18)16(12-8-7-9-13(17)10-12)20(6-3)11-15(21)19-5-2/h7-10,14,16H,4-6,11,18H2,1-3H3,(H,19,21). The third-order valence-corrected chi connectivity index (χ3v) is 3.82. The molecule has 0 saturated heterocycles. The van der Waals surface area contributed by atoms with Gasteiger partial charge in [0.1, 0.15) is 0 Å². The summed E-state index contributed by atoms with van der Waals surface area (Å²) in [4.78, 5) is 14.0. The second kappa shape index (κ2) is 9.03. The van der Waals surface area contributed by atoms with E-state index in [1.54, 1.807) is 0 Å². The van der Waals surface area contributed by atoms with Crippen molar-refractivity contribution in [2.24, 2.45) is 5.73 Å². The summed E-state index contributed by atoms with van der Waals surface area (Å²) in [7, 11) is 0. The molecule has 0 fully saturated rings. The Hall–Kier alpha value is -1.10. The van der Waals surface area contributed by atoms with Crippen LogP contribution in [0.25, 0.3) is 0 Å². The van der Waals surface area contributed by atoms with Gasteiger partial charge in [-0.05, 0) is 37.6 Å². The molecule has 0 aliphatic heterocycles. The Balaban J connectivity index is 3.01. The Bertz CT molecular complexity index is 453. The molecule has 21 heavy (non-hydrogen) atoms. The van der Waals surface area contributed by atoms with Gasteiger partial charge in [-0.2, -0.15) is 0 Å². The fourth-order valence-corrected chi connectivity index (χ4v) is 2.69. The summed E-state index contributed by atoms with van der Waals surface area (Å²) >= 11 is 6.10. The molecule has 2 atom stereocenters. The van der Waals surface area contributed by atoms with Crippen LogP contribution in [-0.4, -0.2) is 36.5 Å². The van der Waals surface area contributed by atoms with Crippen LogP contribution in [0.2, 0.25) is 5.02 Å². The molecular weight excluding hydrogens is 286 g/mol. The Morgan fingerprint density at radius 3 is 2.62 bits per heavy atom. The van der Waals surface area contributed by atoms with E-state index in [4.69, 9.17) is 17.3 Å². The third kappa shape index (κ3) is 5.30. The molecule has 0 aliphatic rings. The highest BCUT2D eigenvalue weighted by Crippen LogP contribution is 2.26. The Morgan fingerprint density at radius 1 is 1.38 bits per heavy atom. The topological polar surface area (TPSA) is 58.4 Å². The van der Waals surface area contributed by atoms with E-state index >= 15 is 0 Å². The van der Waals surface area contributed by atoms with Gasteiger partial charge in [-0.3, -0.25) is 9.69 Å². The number of nitrogens with two attached hydrogens (primary N) is 1. The van der Waals surface area contributed by atoms with Crippen LogP contribution in [0.5, 0.6) is 0 Å². The SMILES string of the molecule is CCNC(=O)CN(CC)C(c1cccc(Cl)c1)C(N)CC. The van der Waals surface area contributed by atoms with Crippen LogP contribution in [0.3, 0.4) is 0 Å². The zero-order valence-corrected chi connectivity index (χ0v) is 13.9. The van der Waals surface area contributed by atoms with Crippen molar-refractivity contribution in [2.75, 3.05) is 19.6 Å². The molecule has 0 bridgehead atoms. The van der Waals surface area contributed by atoms with Crippen LogP contribution < -0.4 is 11.1 Å². The molecule has 1 rings (SSSR count). The van der Waals surface area contributed by atoms with Crippen molar-refractivity contribution in [3.8, 4) is 0 Å². The molecule has 3 N–H and O–H groups in total. The summed E-state index contributed by atoms with van der Waals surface area (Å²) in [6.45, 7) is 7.75. The molecule has 0 spiro atoms. The first-order valence-electron chi connectivity index (χ1n) is 7.55. The smallest absolute Gasteiger partial charge is 0.234 e. The molecule has 118 valence electrons. The summed E-state index contributed by atoms with van der Waals surface area (Å²) in [5.74, 6) is 0.0229. The van der Waals surface area contributed by atoms with E-state index in [1.165, 1.54) is 0 Å². The molecular formula is C16H26ClN3O. The van der Waals surface area contributed by atoms with Gasteiger partial charge in [-0.25, -0.2) is 0 Å². The van der Waals surface area contributed by atoms with E-state index in [0.29, 0.717) is 18.1 Å². The van der Waals surface area contributed by atoms with E-state index in [9.17, 15) is 4.79 Å². The van der Waals surface area contributed by atoms with Crippen LogP contribution in [0, 0.1) is 0 Å². The predicted octanol–water partition coefficient (Wildman–Crippen LogP) is 2.58. The highest BCUT2D eigenvalue weighted by Gasteiger charge is 2.26. The number of hydrogen-bond donors (Lipinski definition) is 2. The normalized spacial score (nSPS) is 14.0. The van der Waals surface area contributed by atoms with E-state index in [2.05, 4.69) is 17.1 Å². The molecule has 1 aromatic rings. The quantitative estimate of drug-likeness (QED) is 0.776. The van der Waals surface area contributed by atoms with Crippen LogP contribution in [0.1, 0.15) is 38.8 Å². The first-order chi connectivity index (χ1) is 10.0. The van der Waals surface area contributed by atoms with Gasteiger partial charge in [0.05, 0.1) is 12.6 Å². The van der Waals surface area contributed by atoms with Crippen molar-refractivity contribution >= 4 is 17.5 Å². The van der Waals surface area contributed by atoms with Crippen molar-refractivity contribution < 1.29 is 4.79 Å². The highest BCUT2D eigenvalue weighted by molar-refractivity contribution is 6.30. The first kappa shape index (κ1) is 18.0. The Labute approximate surface area is 132 Å². The first-order valence-corrected chi connectivity index (χ1v) is 7.93. The Kier molecular flexibility index (Phi) is 7.72. The molecule has 2 unspecified atom stereocenters. The maximum atomic E-state index is 11.9. The molecule has 1 amide bonds. The highest BCUT2D eigenvalue weighted by atomic mass is 35.5. The summed E-state index contributed by atoms with van der Waals surface area (Å²) in [6.07, 6.45) is 0.836. The lowest BCUT2D eigenvalue weighted by Crippen LogP contribution is -2.45. The third-order valence-electron chi connectivity index (χ3n) is 3.59. The van der Waals surface area contributed by atoms with E-state index in [-0.39, 0.29) is 18.0 Å². The van der Waals surface area contributed by atoms with E-state index < -0.39 is 0 Å². The molecule has 0 heterocycles. The average Bonchev–Trinajstić information content (AvgIpc) is 2.46. The minimum atomic E-state index is -0.0437. The van der Waals surface area contributed by atoms with Gasteiger partial charge in [0.25, 0.3) is 0 Å². The van der Waals surface area contributed by atoms with E-state index in [0.717, 1.165) is 18.5 Å². The van der Waals surface area contributed by atoms with Gasteiger partial charge in [-0.15, -0.1) is 0 Å². The number of benzene rings is 1. The lowest BCUT2D eigenvalue weighted by molar-refractivity contribution is -0.122. The van der Waals surface area contributed by atoms with Crippen LogP contribution in [-0.2, 0) is 4.79 Å². The maximum absolute atomic E-state index is 11.9. The minimum absolute atomic E-state index is 0.0127. The monoisotopic (exact) mass is 311 g/mol. The predicted molar refractivity (Wildman–Crippen MR) is 88.4 cm³/mol. The number of nitrogens with zero attached hydrogens (tertiary/aromatic N) is 1. The molecule has 1 aromatic carbocycles. The maximum Gasteiger partial charge on any atom is 0.234 e. The summed E-state index contributed by atoms with van der Waals surface area (Å²) in [5.41, 5.74) is 7.37. The number of hydrogen-bond acceptors (Lipinski definition) is 3. The average molecular weight is 312 g/mol. The fraction of sp³-hybridized carbons (Fsp3) is 0.562. The van der Waals surface area contributed by atoms with Gasteiger partial charge in [0.15, 0.2) is 0 Å². The molecule has 0 saturated carbocycles. The second-order valence-electron chi connectivity index (χ2n) is 5.09. The van der Waals surface area contributed by atoms with Crippen LogP contribution in [0.15, 0.2) is 24.3 Å². The Morgan fingerprint density at radius 2 is 2.10 bits per heavy atom. The molecule has 4 nitrogen and oxygen atoms in total. The van der Waals surface area contributed by atoms with Crippen molar-refractivity contribution in [3.63, 3.8) is 0 Å². The zero-order valence-electron chi connectivity index (χ0n) is 13.1. The summed E-state index contributed by atoms with van der Waals surface area (Å²) in [6, 6.07) is 7.67. The van der Waals surface area contributed by atoms with Crippen molar-refractivity contribution in [3.05, 3.63) is 34.9 Å². The molecule has 0 radical (unpaired) electrons. The van der Waals surface area contributed by atoms with Gasteiger partial charge < -0.3 is 11.1 Å². The lowest BCUT2D eigenvalue weighted by Gasteiger charge is -2.34. The largest absolute Gasteiger partial charge is 0.355 e. The number of carbonyl (C=O) groups is 1. The van der Waals surface area contributed by atoms with Gasteiger partial charge in [0, 0.05) is 17.6 Å². The summed E-state index contributed by atoms with van der Waals surface area (Å²) < 4.78 is 0. The lowest BCUT2D eigenvalue weighted by atomic mass is 9.96. The summed E-state index contributed by atoms with van der Waals surface area (Å²) in [5, 5.41) is 3.53. The molecule has 5 heteroatoms. The van der Waals surface area contributed by atoms with Crippen molar-refractivity contribution in [1.29, 1.82) is 0 Å². The number of amides is 1. The number of rotatable bonds is 8. The number of nitrogens with one attached hydrogen (secondary N) is 1. The number of likely N-dealkylation sites (N-methyl/N-ethyl adjacent to an activating group) is 2. The number of carbonyl (C=O) groups excluding carboxylic acids is 1. The van der Waals surface area contributed by atoms with Gasteiger partial charge >= 0.3 is 0 Å². The van der Waals surface area contributed by atoms with Crippen LogP contribution in [0.4, 0.5) is 0 Å². The van der Waals surface area contributed by atoms with Crippen molar-refractivity contribution in [2.45, 2.75) is 39.3 Å². The fourth-order valence-electron chi connectivity index (χ4n) is 2.49. The van der Waals surface area contributed by atoms with Crippen molar-refractivity contribution in [1.82, 2.24) is 10.2 Å². The number of halogens is 1. The van der Waals surface area contributed by atoms with Gasteiger partial charge in [0.2, 0.25) is 5.91 Å². The van der Waals surface area contributed by atoms with Gasteiger partial charge in [-0.1, -0.05) is 37.6 Å². The zero-order chi connectivity index (χ0) is 15.8. The molecule has 0 aliphatic carbocycles.